The van der Waals surface area contributed by atoms with Crippen LogP contribution in [0.4, 0.5) is 0 Å². The summed E-state index contributed by atoms with van der Waals surface area (Å²) in [6, 6.07) is 3.53. The second kappa shape index (κ2) is 8.21. The summed E-state index contributed by atoms with van der Waals surface area (Å²) in [6.45, 7) is 1.81. The Morgan fingerprint density at radius 2 is 2.11 bits per heavy atom. The zero-order valence-electron chi connectivity index (χ0n) is 10.9. The van der Waals surface area contributed by atoms with Crippen LogP contribution < -0.4 is 5.32 Å². The summed E-state index contributed by atoms with van der Waals surface area (Å²) >= 11 is 3.29. The number of aromatic nitrogens is 1. The molecule has 0 aromatic carbocycles. The van der Waals surface area contributed by atoms with Crippen molar-refractivity contribution in [1.29, 1.82) is 0 Å². The van der Waals surface area contributed by atoms with E-state index in [1.807, 2.05) is 6.07 Å². The zero-order chi connectivity index (χ0) is 13.4. The lowest BCUT2D eigenvalue weighted by molar-refractivity contribution is 0.0948. The van der Waals surface area contributed by atoms with Gasteiger partial charge in [-0.3, -0.25) is 4.79 Å². The molecular weight excluding hydrogens is 290 g/mol. The van der Waals surface area contributed by atoms with Gasteiger partial charge in [0.25, 0.3) is 5.91 Å². The fourth-order valence-electron chi connectivity index (χ4n) is 1.53. The largest absolute Gasteiger partial charge is 0.351 e. The van der Waals surface area contributed by atoms with Gasteiger partial charge in [-0.25, -0.2) is 4.98 Å². The third-order valence-corrected chi connectivity index (χ3v) is 3.00. The van der Waals surface area contributed by atoms with Crippen LogP contribution in [-0.4, -0.2) is 43.0 Å². The molecule has 0 unspecified atom stereocenters. The van der Waals surface area contributed by atoms with E-state index < -0.39 is 0 Å². The van der Waals surface area contributed by atoms with Crippen molar-refractivity contribution < 1.29 is 4.79 Å². The van der Waals surface area contributed by atoms with Gasteiger partial charge in [0, 0.05) is 17.2 Å². The number of rotatable bonds is 7. The Morgan fingerprint density at radius 3 is 2.72 bits per heavy atom. The first-order chi connectivity index (χ1) is 8.59. The summed E-state index contributed by atoms with van der Waals surface area (Å²) in [5, 5.41) is 2.88. The van der Waals surface area contributed by atoms with Crippen molar-refractivity contribution in [3.63, 3.8) is 0 Å². The van der Waals surface area contributed by atoms with Crippen LogP contribution in [-0.2, 0) is 0 Å². The molecule has 1 heterocycles. The molecule has 0 aliphatic rings. The predicted octanol–water partition coefficient (Wildman–Crippen LogP) is 2.31. The lowest BCUT2D eigenvalue weighted by atomic mass is 10.2. The number of hydrogen-bond donors (Lipinski definition) is 1. The summed E-state index contributed by atoms with van der Waals surface area (Å²) in [6.07, 6.45) is 4.94. The Balaban J connectivity index is 2.16. The number of pyridine rings is 1. The van der Waals surface area contributed by atoms with E-state index in [4.69, 9.17) is 0 Å². The van der Waals surface area contributed by atoms with Crippen LogP contribution in [0.25, 0.3) is 0 Å². The first-order valence-corrected chi connectivity index (χ1v) is 6.93. The standard InChI is InChI=1S/C13H20BrN3O/c1-17(2)9-5-3-4-8-15-13(18)12-7-6-11(14)10-16-12/h6-7,10H,3-5,8-9H2,1-2H3,(H,15,18)/i14-4. The van der Waals surface area contributed by atoms with Gasteiger partial charge >= 0.3 is 0 Å². The molecule has 5 heteroatoms. The number of hydrogen-bond acceptors (Lipinski definition) is 3. The van der Waals surface area contributed by atoms with E-state index in [0.29, 0.717) is 12.2 Å². The van der Waals surface area contributed by atoms with Crippen molar-refractivity contribution in [2.45, 2.75) is 19.3 Å². The molecule has 1 amide bonds. The molecule has 0 aliphatic heterocycles. The second-order valence-corrected chi connectivity index (χ2v) is 5.40. The van der Waals surface area contributed by atoms with E-state index >= 15 is 0 Å². The van der Waals surface area contributed by atoms with E-state index in [-0.39, 0.29) is 5.91 Å². The van der Waals surface area contributed by atoms with Gasteiger partial charge in [0.2, 0.25) is 0 Å². The molecule has 0 saturated heterocycles. The maximum absolute atomic E-state index is 11.7. The van der Waals surface area contributed by atoms with Crippen LogP contribution in [0.2, 0.25) is 0 Å². The number of nitrogens with one attached hydrogen (secondary N) is 1. The molecule has 100 valence electrons. The highest BCUT2D eigenvalue weighted by atomic mass is 75.9. The van der Waals surface area contributed by atoms with Crippen LogP contribution in [0, 0.1) is 0 Å². The highest BCUT2D eigenvalue weighted by Crippen LogP contribution is 2.07. The zero-order valence-corrected chi connectivity index (χ0v) is 12.5. The Hall–Kier alpha value is -0.940. The Labute approximate surface area is 117 Å². The average molecular weight is 310 g/mol. The van der Waals surface area contributed by atoms with Gasteiger partial charge < -0.3 is 10.2 Å². The van der Waals surface area contributed by atoms with E-state index in [1.165, 1.54) is 6.42 Å². The average Bonchev–Trinajstić information content (AvgIpc) is 2.34. The van der Waals surface area contributed by atoms with Crippen molar-refractivity contribution in [3.05, 3.63) is 28.5 Å². The molecule has 1 aromatic heterocycles. The molecule has 0 saturated carbocycles. The van der Waals surface area contributed by atoms with Gasteiger partial charge in [-0.2, -0.15) is 0 Å². The van der Waals surface area contributed by atoms with Crippen LogP contribution in [0.3, 0.4) is 0 Å². The number of carbonyl (C=O) groups excluding carboxylic acids is 1. The highest BCUT2D eigenvalue weighted by molar-refractivity contribution is 9.10. The number of unbranched alkanes of at least 4 members (excludes halogenated alkanes) is 2. The first-order valence-electron chi connectivity index (χ1n) is 6.14. The van der Waals surface area contributed by atoms with E-state index in [0.717, 1.165) is 23.9 Å². The third kappa shape index (κ3) is 6.12. The molecule has 0 atom stereocenters. The smallest absolute Gasteiger partial charge is 0.269 e. The summed E-state index contributed by atoms with van der Waals surface area (Å²) in [5.41, 5.74) is 0.464. The SMILES string of the molecule is CN(C)CCCCCNC(=O)c1ccc([76Br])cn1. The molecule has 0 radical (unpaired) electrons. The van der Waals surface area contributed by atoms with Crippen LogP contribution in [0.1, 0.15) is 29.8 Å². The van der Waals surface area contributed by atoms with Gasteiger partial charge in [-0.05, 0) is 61.5 Å². The molecule has 0 bridgehead atoms. The molecule has 1 N–H and O–H groups in total. The minimum Gasteiger partial charge on any atom is -0.351 e. The second-order valence-electron chi connectivity index (χ2n) is 4.48. The number of carbonyl (C=O) groups is 1. The minimum atomic E-state index is -0.102. The molecular formula is C13H20BrN3O. The molecule has 18 heavy (non-hydrogen) atoms. The fourth-order valence-corrected chi connectivity index (χ4v) is 1.77. The summed E-state index contributed by atoms with van der Waals surface area (Å²) in [7, 11) is 4.14. The van der Waals surface area contributed by atoms with Gasteiger partial charge in [0.15, 0.2) is 0 Å². The Morgan fingerprint density at radius 1 is 1.33 bits per heavy atom. The summed E-state index contributed by atoms with van der Waals surface area (Å²) < 4.78 is 0.878. The van der Waals surface area contributed by atoms with E-state index in [9.17, 15) is 4.79 Å². The van der Waals surface area contributed by atoms with Gasteiger partial charge in [0.1, 0.15) is 5.69 Å². The minimum absolute atomic E-state index is 0.102. The van der Waals surface area contributed by atoms with Crippen LogP contribution in [0.5, 0.6) is 0 Å². The van der Waals surface area contributed by atoms with E-state index in [1.54, 1.807) is 12.3 Å². The van der Waals surface area contributed by atoms with Crippen molar-refractivity contribution in [2.24, 2.45) is 0 Å². The van der Waals surface area contributed by atoms with Crippen molar-refractivity contribution in [1.82, 2.24) is 15.2 Å². The molecule has 0 aliphatic carbocycles. The molecule has 1 aromatic rings. The molecule has 1 rings (SSSR count). The Kier molecular flexibility index (Phi) is 6.90. The lowest BCUT2D eigenvalue weighted by Crippen LogP contribution is -2.25. The van der Waals surface area contributed by atoms with Crippen LogP contribution in [0.15, 0.2) is 22.8 Å². The molecule has 4 nitrogen and oxygen atoms in total. The normalized spacial score (nSPS) is 10.7. The lowest BCUT2D eigenvalue weighted by Gasteiger charge is -2.09. The summed E-state index contributed by atoms with van der Waals surface area (Å²) in [5.74, 6) is -0.102. The van der Waals surface area contributed by atoms with Gasteiger partial charge in [0.05, 0.1) is 0 Å². The maximum Gasteiger partial charge on any atom is 0.269 e. The van der Waals surface area contributed by atoms with Gasteiger partial charge in [-0.15, -0.1) is 0 Å². The number of halogens is 1. The molecule has 0 spiro atoms. The van der Waals surface area contributed by atoms with Crippen molar-refractivity contribution in [3.8, 4) is 0 Å². The Bertz CT molecular complexity index is 365. The van der Waals surface area contributed by atoms with Crippen molar-refractivity contribution in [2.75, 3.05) is 27.2 Å². The number of nitrogens with zero attached hydrogens (tertiary/aromatic N) is 2. The molecule has 0 fully saturated rings. The van der Waals surface area contributed by atoms with Gasteiger partial charge in [-0.1, -0.05) is 6.42 Å². The third-order valence-electron chi connectivity index (χ3n) is 2.53. The maximum atomic E-state index is 11.7. The van der Waals surface area contributed by atoms with Crippen molar-refractivity contribution >= 4 is 21.8 Å². The fraction of sp³-hybridized carbons (Fsp3) is 0.538. The monoisotopic (exact) mass is 310 g/mol. The topological polar surface area (TPSA) is 45.2 Å². The summed E-state index contributed by atoms with van der Waals surface area (Å²) in [4.78, 5) is 17.9. The highest BCUT2D eigenvalue weighted by Gasteiger charge is 2.05. The van der Waals surface area contributed by atoms with Crippen LogP contribution >= 0.6 is 15.9 Å². The van der Waals surface area contributed by atoms with E-state index in [2.05, 4.69) is 45.2 Å². The first kappa shape index (κ1) is 15.1. The quantitative estimate of drug-likeness (QED) is 0.786. The predicted molar refractivity (Wildman–Crippen MR) is 76.7 cm³/mol. The number of amides is 1.